The van der Waals surface area contributed by atoms with E-state index in [-0.39, 0.29) is 137 Å². The molecular weight excluding hydrogens is 954 g/mol. The van der Waals surface area contributed by atoms with Gasteiger partial charge in [0.2, 0.25) is 23.6 Å². The van der Waals surface area contributed by atoms with Crippen molar-refractivity contribution in [2.75, 3.05) is 38.5 Å². The number of thioether (sulfide) groups is 1. The van der Waals surface area contributed by atoms with E-state index in [0.717, 1.165) is 24.2 Å². The van der Waals surface area contributed by atoms with Gasteiger partial charge in [0.25, 0.3) is 0 Å². The number of carboxylic acid groups (broad SMARTS) is 1. The maximum atomic E-state index is 12.9. The van der Waals surface area contributed by atoms with Crippen LogP contribution in [0.4, 0.5) is 4.79 Å². The number of carbonyl (C=O) groups is 8. The van der Waals surface area contributed by atoms with E-state index in [4.69, 9.17) is 9.47 Å². The molecule has 20 nitrogen and oxygen atoms in total. The van der Waals surface area contributed by atoms with Crippen LogP contribution < -0.4 is 93.7 Å². The largest absolute Gasteiger partial charge is 1.00 e. The maximum absolute atomic E-state index is 12.9. The van der Waals surface area contributed by atoms with E-state index in [1.165, 1.54) is 0 Å². The predicted octanol–water partition coefficient (Wildman–Crippen LogP) is -3.89. The average Bonchev–Trinajstić information content (AvgIpc) is 4.02. The van der Waals surface area contributed by atoms with Crippen LogP contribution in [0.25, 0.3) is 0 Å². The molecule has 1 aliphatic carbocycles. The Morgan fingerprint density at radius 3 is 2.20 bits per heavy atom. The molecule has 4 aliphatic rings. The number of fused-ring (bicyclic) bond motifs is 1. The van der Waals surface area contributed by atoms with Gasteiger partial charge >= 0.3 is 57.4 Å². The molecule has 3 aliphatic heterocycles. The van der Waals surface area contributed by atoms with Crippen molar-refractivity contribution in [3.8, 4) is 0 Å². The van der Waals surface area contributed by atoms with Crippen LogP contribution in [0.2, 0.25) is 0 Å². The fourth-order valence-electron chi connectivity index (χ4n) is 8.90. The monoisotopic (exact) mass is 1020 g/mol. The number of unbranched alkanes of at least 4 members (excludes halogenated alkanes) is 1. The summed E-state index contributed by atoms with van der Waals surface area (Å²) in [4.78, 5) is 97.7. The van der Waals surface area contributed by atoms with Crippen LogP contribution >= 0.6 is 11.8 Å². The number of allylic oxidation sites excluding steroid dienone is 1. The molecule has 3 saturated heterocycles. The molecule has 0 aromatic heterocycles. The topological polar surface area (TPSA) is 303 Å². The van der Waals surface area contributed by atoms with E-state index >= 15 is 0 Å². The second-order valence-electron chi connectivity index (χ2n) is 17.6. The molecule has 0 radical (unpaired) electrons. The van der Waals surface area contributed by atoms with Crippen LogP contribution in [0, 0.1) is 11.8 Å². The summed E-state index contributed by atoms with van der Waals surface area (Å²) < 4.78 is 12.2. The Hall–Kier alpha value is -4.07. The van der Waals surface area contributed by atoms with Crippen LogP contribution in [-0.4, -0.2) is 144 Å². The van der Waals surface area contributed by atoms with Gasteiger partial charge in [0.15, 0.2) is 12.1 Å². The Labute approximate surface area is 453 Å². The van der Waals surface area contributed by atoms with E-state index in [1.54, 1.807) is 72.4 Å². The molecule has 374 valence electrons. The summed E-state index contributed by atoms with van der Waals surface area (Å²) in [6.07, 6.45) is 2.33. The van der Waals surface area contributed by atoms with Crippen molar-refractivity contribution >= 4 is 59.0 Å². The first-order valence-electron chi connectivity index (χ1n) is 23.4. The van der Waals surface area contributed by atoms with Crippen molar-refractivity contribution in [1.29, 1.82) is 0 Å². The summed E-state index contributed by atoms with van der Waals surface area (Å²) >= 11 is 1.80. The van der Waals surface area contributed by atoms with E-state index in [2.05, 4.69) is 37.2 Å². The second kappa shape index (κ2) is 28.8. The molecule has 6 amide bonds. The Morgan fingerprint density at radius 2 is 1.50 bits per heavy atom. The molecule has 3 heterocycles. The summed E-state index contributed by atoms with van der Waals surface area (Å²) in [5, 5.41) is 52.8. The normalized spacial score (nSPS) is 25.8. The van der Waals surface area contributed by atoms with Gasteiger partial charge in [-0.1, -0.05) is 73.2 Å². The van der Waals surface area contributed by atoms with Crippen LogP contribution in [0.5, 0.6) is 0 Å². The third kappa shape index (κ3) is 17.3. The minimum atomic E-state index is -1.49. The zero-order valence-corrected chi connectivity index (χ0v) is 43.2. The predicted molar refractivity (Wildman–Crippen MR) is 249 cm³/mol. The molecule has 4 fully saturated rings. The number of urea groups is 1. The van der Waals surface area contributed by atoms with Crippen LogP contribution in [0.3, 0.4) is 0 Å². The number of aliphatic hydroxyl groups is 2. The minimum absolute atomic E-state index is 0. The van der Waals surface area contributed by atoms with Crippen molar-refractivity contribution in [3.63, 3.8) is 0 Å². The first-order valence-corrected chi connectivity index (χ1v) is 24.5. The van der Waals surface area contributed by atoms with E-state index in [0.29, 0.717) is 43.2 Å². The fraction of sp³-hybridized carbons (Fsp3) is 0.542. The van der Waals surface area contributed by atoms with Crippen molar-refractivity contribution < 1.29 is 115 Å². The van der Waals surface area contributed by atoms with Gasteiger partial charge in [-0.25, -0.2) is 4.79 Å². The van der Waals surface area contributed by atoms with Crippen molar-refractivity contribution in [3.05, 3.63) is 83.4 Å². The third-order valence-electron chi connectivity index (χ3n) is 12.7. The molecule has 0 bridgehead atoms. The number of amides is 6. The van der Waals surface area contributed by atoms with E-state index < -0.39 is 73.3 Å². The number of carbonyl (C=O) groups excluding carboxylic acids is 8. The molecule has 1 saturated carbocycles. The molecule has 10 atom stereocenters. The summed E-state index contributed by atoms with van der Waals surface area (Å²) in [5.74, 6) is -3.33. The standard InChI is InChI=1S/C48H63N7O13S.K/c56-34-19-18-31(21-41(61)62)32(34)11-5-2-8-20-67-47-43(53-22-28-14-16-30(17-15-28)44(63)29-9-3-1-4-10-29)46(65)45(64)35(68-47)23-49-38(58)25-51-40(60)26-52-39(59)24-50-37(57)13-7-6-12-36-42-33(27-69-36)54-48(66)55-42;/h1-5,9-10,14-17,31-33,35-36,42-43,45-47,53,64-65H,6-8,11-13,18-27H2,(H,49,58)(H,50,57)(H,51,60)(H,52,59)(H,61,62)(H2,54,55,66);/q;+1/p-1/b5-2-;/t31-,32-,33+,35-,36+,42+,43-,45+,46-,47-;/m1./s1. The molecule has 2 aromatic rings. The zero-order chi connectivity index (χ0) is 49.3. The first kappa shape index (κ1) is 56.8. The van der Waals surface area contributed by atoms with Crippen LogP contribution in [-0.2, 0) is 44.8 Å². The Kier molecular flexibility index (Phi) is 23.4. The number of rotatable bonds is 26. The number of benzene rings is 2. The number of ether oxygens (including phenoxy) is 2. The number of Topliss-reactive ketones (excluding diaryl/α,β-unsaturated/α-hetero) is 1. The molecule has 0 unspecified atom stereocenters. The number of aliphatic carboxylic acids is 1. The molecule has 9 N–H and O–H groups in total. The molecule has 2 aromatic carbocycles. The quantitative estimate of drug-likeness (QED) is 0.0143. The molecule has 6 rings (SSSR count). The Balaban J connectivity index is 0.00000913. The van der Waals surface area contributed by atoms with Crippen LogP contribution in [0.15, 0.2) is 66.7 Å². The molecule has 70 heavy (non-hydrogen) atoms. The van der Waals surface area contributed by atoms with Gasteiger partial charge in [-0.3, -0.25) is 28.8 Å². The molecule has 0 spiro atoms. The summed E-state index contributed by atoms with van der Waals surface area (Å²) in [5.41, 5.74) is 1.81. The fourth-order valence-corrected chi connectivity index (χ4v) is 10.4. The van der Waals surface area contributed by atoms with Crippen molar-refractivity contribution in [2.45, 2.75) is 112 Å². The smallest absolute Gasteiger partial charge is 0.550 e. The second-order valence-corrected chi connectivity index (χ2v) is 18.9. The van der Waals surface area contributed by atoms with Gasteiger partial charge in [-0.05, 0) is 50.0 Å². The van der Waals surface area contributed by atoms with Gasteiger partial charge in [0.05, 0.1) is 44.4 Å². The number of hydrogen-bond donors (Lipinski definition) is 9. The first-order chi connectivity index (χ1) is 33.2. The van der Waals surface area contributed by atoms with Crippen molar-refractivity contribution in [1.82, 2.24) is 37.2 Å². The Morgan fingerprint density at radius 1 is 0.829 bits per heavy atom. The van der Waals surface area contributed by atoms with E-state index in [1.807, 2.05) is 6.07 Å². The van der Waals surface area contributed by atoms with Crippen molar-refractivity contribution in [2.24, 2.45) is 11.8 Å². The number of carboxylic acids is 1. The molecule has 22 heteroatoms. The number of ketones is 2. The summed E-state index contributed by atoms with van der Waals surface area (Å²) in [6, 6.07) is 14.9. The summed E-state index contributed by atoms with van der Waals surface area (Å²) in [7, 11) is 0. The summed E-state index contributed by atoms with van der Waals surface area (Å²) in [6.45, 7) is -1.25. The van der Waals surface area contributed by atoms with Gasteiger partial charge in [0, 0.05) is 59.9 Å². The van der Waals surface area contributed by atoms with Crippen LogP contribution in [0.1, 0.15) is 79.3 Å². The zero-order valence-electron chi connectivity index (χ0n) is 39.2. The number of hydrogen-bond acceptors (Lipinski definition) is 15. The van der Waals surface area contributed by atoms with Gasteiger partial charge in [0.1, 0.15) is 24.1 Å². The van der Waals surface area contributed by atoms with Gasteiger partial charge in [-0.15, -0.1) is 0 Å². The van der Waals surface area contributed by atoms with Gasteiger partial charge in [-0.2, -0.15) is 11.8 Å². The minimum Gasteiger partial charge on any atom is -0.550 e. The SMILES string of the molecule is O=C([O-])C[C@H]1CCC(=O)[C@@H]1C/C=C\CCO[C@@H]1O[C@H](CNC(=O)CNC(=O)CNC(=O)CNC(=O)CCCC[C@@H]2SC[C@@H]3NC(=O)N[C@@H]32)[C@H](O)[C@H](O)[C@H]1NCc1ccc(C(=O)c2ccccc2)cc1.[K+]. The molecular formula is C48H62KN7O13S. The Bertz CT molecular complexity index is 2160. The van der Waals surface area contributed by atoms with Gasteiger partial charge < -0.3 is 66.8 Å². The maximum Gasteiger partial charge on any atom is 1.00 e. The number of nitrogens with one attached hydrogen (secondary N) is 7. The van der Waals surface area contributed by atoms with E-state index in [9.17, 15) is 53.7 Å². The number of aliphatic hydroxyl groups excluding tert-OH is 2. The average molecular weight is 1020 g/mol. The third-order valence-corrected chi connectivity index (χ3v) is 14.2.